The Labute approximate surface area is 165 Å². The van der Waals surface area contributed by atoms with Gasteiger partial charge < -0.3 is 26.1 Å². The minimum Gasteiger partial charge on any atom is -0.359 e. The maximum Gasteiger partial charge on any atom is 1.00 e. The first kappa shape index (κ1) is 44.0. The molecule has 0 radical (unpaired) electrons. The van der Waals surface area contributed by atoms with Crippen molar-refractivity contribution < 1.29 is 30.6 Å². The molecule has 0 unspecified atom stereocenters. The van der Waals surface area contributed by atoms with Gasteiger partial charge in [-0.1, -0.05) is 29.7 Å². The summed E-state index contributed by atoms with van der Waals surface area (Å²) >= 11 is 4.75. The van der Waals surface area contributed by atoms with E-state index in [0.29, 0.717) is 6.54 Å². The van der Waals surface area contributed by atoms with Crippen molar-refractivity contribution in [3.05, 3.63) is 0 Å². The smallest absolute Gasteiger partial charge is 0.359 e. The molecule has 0 saturated carbocycles. The van der Waals surface area contributed by atoms with Crippen LogP contribution in [0.3, 0.4) is 0 Å². The third-order valence-electron chi connectivity index (χ3n) is 1.64. The van der Waals surface area contributed by atoms with Crippen LogP contribution in [-0.2, 0) is 19.1 Å². The van der Waals surface area contributed by atoms with Gasteiger partial charge in [0.05, 0.1) is 0 Å². The standard InChI is InChI=1S/C7HClO4.C6H15NO2.4CH4.H3N/c8-7(9)11-5-3-1-2-4-6-12-10;1-8-6(9-2)4-3-5-7;;;;;/h10H;6H,3-5,7H2,1-2H3;4*1H4;1H3/p+1. The van der Waals surface area contributed by atoms with Gasteiger partial charge in [0.15, 0.2) is 12.4 Å². The first-order valence-corrected chi connectivity index (χ1v) is 5.92. The highest BCUT2D eigenvalue weighted by Gasteiger charge is 2.01. The van der Waals surface area contributed by atoms with Crippen LogP contribution in [0.5, 0.6) is 0 Å². The Morgan fingerprint density at radius 1 is 1.08 bits per heavy atom. The van der Waals surface area contributed by atoms with Gasteiger partial charge in [0.2, 0.25) is 0 Å². The Bertz CT molecular complexity index is 457. The van der Waals surface area contributed by atoms with Gasteiger partial charge in [-0.2, -0.15) is 5.26 Å². The van der Waals surface area contributed by atoms with E-state index in [1.807, 2.05) is 6.11 Å². The number of ether oxygens (including phenoxy) is 3. The first-order valence-electron chi connectivity index (χ1n) is 5.54. The van der Waals surface area contributed by atoms with Gasteiger partial charge in [-0.25, -0.2) is 4.79 Å². The van der Waals surface area contributed by atoms with Crippen LogP contribution >= 0.6 is 11.6 Å². The van der Waals surface area contributed by atoms with Gasteiger partial charge >= 0.3 is 6.86 Å². The van der Waals surface area contributed by atoms with Crippen molar-refractivity contribution in [3.8, 4) is 35.9 Å². The van der Waals surface area contributed by atoms with Crippen molar-refractivity contribution in [1.29, 1.82) is 0 Å². The van der Waals surface area contributed by atoms with Gasteiger partial charge in [-0.15, -0.1) is 0 Å². The summed E-state index contributed by atoms with van der Waals surface area (Å²) in [6.45, 7) is 0.698. The van der Waals surface area contributed by atoms with Crippen LogP contribution in [0.1, 0.15) is 44.0 Å². The highest BCUT2D eigenvalue weighted by atomic mass is 35.5. The molecule has 0 saturated heterocycles. The number of carbonyl (C=O) groups excluding carboxylic acids is 1. The molecule has 156 valence electrons. The molecule has 0 amide bonds. The van der Waals surface area contributed by atoms with Crippen molar-refractivity contribution in [2.24, 2.45) is 5.73 Å². The molecule has 26 heavy (non-hydrogen) atoms. The third-order valence-corrected chi connectivity index (χ3v) is 1.71. The van der Waals surface area contributed by atoms with E-state index in [2.05, 4.69) is 33.3 Å². The van der Waals surface area contributed by atoms with Crippen LogP contribution in [0.25, 0.3) is 0 Å². The number of halogens is 1. The molecule has 0 rings (SSSR count). The minimum absolute atomic E-state index is 0. The molecule has 0 heterocycles. The van der Waals surface area contributed by atoms with E-state index in [4.69, 9.17) is 32.1 Å². The third kappa shape index (κ3) is 43.1. The van der Waals surface area contributed by atoms with E-state index >= 15 is 0 Å². The fourth-order valence-electron chi connectivity index (χ4n) is 0.818. The summed E-state index contributed by atoms with van der Waals surface area (Å²) in [5, 5.41) is 7.68. The van der Waals surface area contributed by atoms with Gasteiger partial charge in [-0.3, -0.25) is 4.89 Å². The van der Waals surface area contributed by atoms with Crippen LogP contribution in [0, 0.1) is 35.9 Å². The molecule has 0 atom stereocenters. The van der Waals surface area contributed by atoms with Crippen molar-refractivity contribution in [3.63, 3.8) is 0 Å². The second kappa shape index (κ2) is 38.5. The zero-order valence-corrected chi connectivity index (χ0v) is 13.1. The topological polar surface area (TPSA) is 135 Å². The molecule has 0 fully saturated rings. The average molecular weight is 400 g/mol. The summed E-state index contributed by atoms with van der Waals surface area (Å²) in [4.78, 5) is 13.3. The predicted octanol–water partition coefficient (Wildman–Crippen LogP) is 3.94. The minimum atomic E-state index is -1.03. The molecule has 0 aromatic rings. The molecular weight excluding hydrogens is 364 g/mol. The predicted molar refractivity (Wildman–Crippen MR) is 109 cm³/mol. The number of hydrogen-bond donors (Lipinski definition) is 3. The lowest BCUT2D eigenvalue weighted by Gasteiger charge is -2.11. The maximum atomic E-state index is 9.89. The van der Waals surface area contributed by atoms with Gasteiger partial charge in [0.25, 0.3) is 0 Å². The molecule has 0 bridgehead atoms. The fourth-order valence-corrected chi connectivity index (χ4v) is 0.857. The Morgan fingerprint density at radius 3 is 1.88 bits per heavy atom. The first-order chi connectivity index (χ1) is 10.1. The maximum absolute atomic E-state index is 9.89. The van der Waals surface area contributed by atoms with Crippen molar-refractivity contribution in [2.45, 2.75) is 48.8 Å². The number of methoxy groups -OCH3 is 2. The van der Waals surface area contributed by atoms with Crippen LogP contribution in [-0.4, -0.2) is 37.7 Å². The summed E-state index contributed by atoms with van der Waals surface area (Å²) in [6.07, 6.45) is 5.42. The number of carbonyl (C=O) groups is 1. The summed E-state index contributed by atoms with van der Waals surface area (Å²) in [7, 11) is 3.26. The summed E-state index contributed by atoms with van der Waals surface area (Å²) in [5.41, 5.74) is 4.24. The second-order valence-corrected chi connectivity index (χ2v) is 3.28. The Hall–Kier alpha value is -1.96. The normalized spacial score (nSPS) is 6.23. The lowest BCUT2D eigenvalue weighted by molar-refractivity contribution is -0.171. The zero-order chi connectivity index (χ0) is 16.3. The van der Waals surface area contributed by atoms with Crippen molar-refractivity contribution in [1.82, 2.24) is 6.15 Å². The van der Waals surface area contributed by atoms with Crippen LogP contribution < -0.4 is 11.9 Å². The molecule has 0 aliphatic heterocycles. The molecule has 8 nitrogen and oxygen atoms in total. The number of hydrogen-bond acceptors (Lipinski definition) is 8. The Balaban J connectivity index is -0.0000000373. The Morgan fingerprint density at radius 2 is 1.54 bits per heavy atom. The van der Waals surface area contributed by atoms with Gasteiger partial charge in [0, 0.05) is 49.5 Å². The number of nitrogens with two attached hydrogens (primary N) is 1. The molecule has 0 spiro atoms. The summed E-state index contributed by atoms with van der Waals surface area (Å²) in [6, 6.07) is 0. The van der Waals surface area contributed by atoms with E-state index in [1.54, 1.807) is 20.3 Å². The lowest BCUT2D eigenvalue weighted by atomic mass is 10.3. The highest BCUT2D eigenvalue weighted by Crippen LogP contribution is 1.99. The lowest BCUT2D eigenvalue weighted by Crippen LogP contribution is -2.14. The van der Waals surface area contributed by atoms with E-state index in [1.165, 1.54) is 0 Å². The average Bonchev–Trinajstić information content (AvgIpc) is 2.48. The van der Waals surface area contributed by atoms with Crippen LogP contribution in [0.15, 0.2) is 0 Å². The molecule has 0 aromatic heterocycles. The second-order valence-electron chi connectivity index (χ2n) is 2.97. The molecule has 0 aliphatic carbocycles. The van der Waals surface area contributed by atoms with E-state index in [-0.39, 0.29) is 43.6 Å². The van der Waals surface area contributed by atoms with Crippen LogP contribution in [0.2, 0.25) is 0 Å². The molecule has 6 N–H and O–H groups in total. The highest BCUT2D eigenvalue weighted by molar-refractivity contribution is 6.61. The monoisotopic (exact) mass is 399 g/mol. The van der Waals surface area contributed by atoms with E-state index in [0.717, 1.165) is 12.8 Å². The van der Waals surface area contributed by atoms with Crippen molar-refractivity contribution in [2.75, 3.05) is 20.8 Å². The largest absolute Gasteiger partial charge is 1.00 e. The molecular formula is C17H36ClN2O6+. The van der Waals surface area contributed by atoms with E-state index < -0.39 is 5.43 Å². The Kier molecular flexibility index (Phi) is 65.2. The molecule has 0 aromatic carbocycles. The quantitative estimate of drug-likeness (QED) is 0.208. The van der Waals surface area contributed by atoms with E-state index in [9.17, 15) is 4.79 Å². The molecule has 0 aliphatic rings. The van der Waals surface area contributed by atoms with Gasteiger partial charge in [0.1, 0.15) is 6.11 Å². The van der Waals surface area contributed by atoms with Gasteiger partial charge in [-0.05, 0) is 19.4 Å². The summed E-state index contributed by atoms with van der Waals surface area (Å²) < 4.78 is 13.8. The summed E-state index contributed by atoms with van der Waals surface area (Å²) in [5.74, 6) is 8.48. The van der Waals surface area contributed by atoms with Crippen molar-refractivity contribution >= 4 is 17.0 Å². The molecule has 9 heteroatoms. The SMILES string of the molecule is C.C.C.C.COC(CCCN)OC.N.O=C(Cl)OC#CC#CC#COO.[H+]. The zero-order valence-electron chi connectivity index (χ0n) is 13.3. The number of rotatable bonds is 5. The fraction of sp³-hybridized carbons (Fsp3) is 0.588. The van der Waals surface area contributed by atoms with Crippen LogP contribution in [0.4, 0.5) is 4.79 Å².